The Kier molecular flexibility index (Phi) is 4.15. The van der Waals surface area contributed by atoms with Gasteiger partial charge in [-0.2, -0.15) is 0 Å². The van der Waals surface area contributed by atoms with E-state index < -0.39 is 0 Å². The third kappa shape index (κ3) is 3.86. The first-order valence-electron chi connectivity index (χ1n) is 6.24. The van der Waals surface area contributed by atoms with Crippen molar-refractivity contribution in [2.45, 2.75) is 25.7 Å². The van der Waals surface area contributed by atoms with E-state index in [1.54, 1.807) is 12.1 Å². The van der Waals surface area contributed by atoms with Gasteiger partial charge in [0.05, 0.1) is 0 Å². The summed E-state index contributed by atoms with van der Waals surface area (Å²) in [7, 11) is 0. The fraction of sp³-hybridized carbons (Fsp3) is 0.500. The second-order valence-electron chi connectivity index (χ2n) is 4.80. The summed E-state index contributed by atoms with van der Waals surface area (Å²) in [6.45, 7) is 2.06. The van der Waals surface area contributed by atoms with Gasteiger partial charge in [0.2, 0.25) is 0 Å². The molecule has 2 rings (SSSR count). The van der Waals surface area contributed by atoms with E-state index >= 15 is 0 Å². The Labute approximate surface area is 102 Å². The normalized spacial score (nSPS) is 20.1. The van der Waals surface area contributed by atoms with E-state index in [2.05, 4.69) is 5.32 Å². The number of aromatic hydroxyl groups is 1. The number of hydrogen-bond donors (Lipinski definition) is 2. The monoisotopic (exact) mass is 233 g/mol. The lowest BCUT2D eigenvalue weighted by Crippen LogP contribution is -2.31. The van der Waals surface area contributed by atoms with Crippen LogP contribution in [0, 0.1) is 5.92 Å². The van der Waals surface area contributed by atoms with Gasteiger partial charge in [-0.25, -0.2) is 0 Å². The minimum absolute atomic E-state index is 0.248. The van der Waals surface area contributed by atoms with Gasteiger partial charge in [-0.1, -0.05) is 12.1 Å². The molecule has 0 spiro atoms. The molecule has 1 aliphatic rings. The molecule has 1 aliphatic heterocycles. The zero-order chi connectivity index (χ0) is 12.1. The van der Waals surface area contributed by atoms with E-state index in [0.29, 0.717) is 24.5 Å². The summed E-state index contributed by atoms with van der Waals surface area (Å²) in [6, 6.07) is 6.88. The number of benzene rings is 1. The molecule has 1 fully saturated rings. The smallest absolute Gasteiger partial charge is 0.137 e. The summed E-state index contributed by atoms with van der Waals surface area (Å²) in [6.07, 6.45) is 3.50. The number of Topliss-reactive ketones (excluding diaryl/α,β-unsaturated/α-hetero) is 1. The molecule has 0 saturated carbocycles. The van der Waals surface area contributed by atoms with Crippen molar-refractivity contribution in [3.63, 3.8) is 0 Å². The van der Waals surface area contributed by atoms with Gasteiger partial charge in [-0.3, -0.25) is 4.79 Å². The molecule has 3 heteroatoms. The first-order chi connectivity index (χ1) is 8.24. The third-order valence-electron chi connectivity index (χ3n) is 3.25. The number of hydrogen-bond acceptors (Lipinski definition) is 3. The minimum atomic E-state index is 0.248. The van der Waals surface area contributed by atoms with E-state index in [1.807, 2.05) is 12.1 Å². The van der Waals surface area contributed by atoms with Gasteiger partial charge in [-0.05, 0) is 49.5 Å². The second-order valence-corrected chi connectivity index (χ2v) is 4.80. The Morgan fingerprint density at radius 2 is 2.12 bits per heavy atom. The summed E-state index contributed by atoms with van der Waals surface area (Å²) in [5.41, 5.74) is 0.983. The Morgan fingerprint density at radius 3 is 2.76 bits per heavy atom. The zero-order valence-corrected chi connectivity index (χ0v) is 9.98. The number of carbonyl (C=O) groups is 1. The van der Waals surface area contributed by atoms with Crippen molar-refractivity contribution in [1.29, 1.82) is 0 Å². The average Bonchev–Trinajstić information content (AvgIpc) is 2.33. The van der Waals surface area contributed by atoms with Gasteiger partial charge in [0.15, 0.2) is 0 Å². The van der Waals surface area contributed by atoms with E-state index in [9.17, 15) is 4.79 Å². The van der Waals surface area contributed by atoms with E-state index in [-0.39, 0.29) is 5.75 Å². The largest absolute Gasteiger partial charge is 0.508 e. The lowest BCUT2D eigenvalue weighted by Gasteiger charge is -2.21. The molecule has 1 aromatic rings. The van der Waals surface area contributed by atoms with Crippen LogP contribution < -0.4 is 5.32 Å². The fourth-order valence-corrected chi connectivity index (χ4v) is 2.33. The Bertz CT molecular complexity index is 366. The van der Waals surface area contributed by atoms with E-state index in [1.165, 1.54) is 6.42 Å². The lowest BCUT2D eigenvalue weighted by atomic mass is 9.92. The van der Waals surface area contributed by atoms with Gasteiger partial charge in [0.1, 0.15) is 11.5 Å². The van der Waals surface area contributed by atoms with Crippen LogP contribution in [0.25, 0.3) is 0 Å². The molecule has 0 aromatic heterocycles. The van der Waals surface area contributed by atoms with Crippen LogP contribution in [0.1, 0.15) is 24.8 Å². The summed E-state index contributed by atoms with van der Waals surface area (Å²) in [4.78, 5) is 11.9. The van der Waals surface area contributed by atoms with Crippen molar-refractivity contribution in [2.75, 3.05) is 13.1 Å². The molecule has 2 N–H and O–H groups in total. The highest BCUT2D eigenvalue weighted by Gasteiger charge is 2.16. The van der Waals surface area contributed by atoms with Crippen LogP contribution >= 0.6 is 0 Å². The molecule has 3 nitrogen and oxygen atoms in total. The molecular formula is C14H19NO2. The number of rotatable bonds is 4. The molecule has 17 heavy (non-hydrogen) atoms. The topological polar surface area (TPSA) is 49.3 Å². The first-order valence-corrected chi connectivity index (χ1v) is 6.24. The highest BCUT2D eigenvalue weighted by molar-refractivity contribution is 5.81. The van der Waals surface area contributed by atoms with Crippen LogP contribution in [0.15, 0.2) is 24.3 Å². The maximum absolute atomic E-state index is 11.9. The molecule has 1 saturated heterocycles. The predicted octanol–water partition coefficient (Wildman–Crippen LogP) is 1.89. The maximum atomic E-state index is 11.9. The zero-order valence-electron chi connectivity index (χ0n) is 9.98. The SMILES string of the molecule is O=C(Cc1ccc(O)cc1)CC1CCCNC1. The van der Waals surface area contributed by atoms with Crippen molar-refractivity contribution < 1.29 is 9.90 Å². The molecular weight excluding hydrogens is 214 g/mol. The van der Waals surface area contributed by atoms with Crippen molar-refractivity contribution in [2.24, 2.45) is 5.92 Å². The van der Waals surface area contributed by atoms with E-state index in [0.717, 1.165) is 25.1 Å². The van der Waals surface area contributed by atoms with Crippen molar-refractivity contribution in [1.82, 2.24) is 5.32 Å². The Hall–Kier alpha value is -1.35. The third-order valence-corrected chi connectivity index (χ3v) is 3.25. The lowest BCUT2D eigenvalue weighted by molar-refractivity contribution is -0.119. The van der Waals surface area contributed by atoms with Gasteiger partial charge in [0, 0.05) is 12.8 Å². The summed E-state index contributed by atoms with van der Waals surface area (Å²) in [5.74, 6) is 1.05. The highest BCUT2D eigenvalue weighted by atomic mass is 16.3. The van der Waals surface area contributed by atoms with Gasteiger partial charge in [0.25, 0.3) is 0 Å². The van der Waals surface area contributed by atoms with Crippen LogP contribution in [-0.4, -0.2) is 24.0 Å². The van der Waals surface area contributed by atoms with E-state index in [4.69, 9.17) is 5.11 Å². The van der Waals surface area contributed by atoms with Crippen LogP contribution in [0.4, 0.5) is 0 Å². The minimum Gasteiger partial charge on any atom is -0.508 e. The Balaban J connectivity index is 1.82. The number of ketones is 1. The first kappa shape index (κ1) is 12.1. The van der Waals surface area contributed by atoms with Gasteiger partial charge < -0.3 is 10.4 Å². The van der Waals surface area contributed by atoms with Crippen LogP contribution in [0.3, 0.4) is 0 Å². The summed E-state index contributed by atoms with van der Waals surface area (Å²) < 4.78 is 0. The molecule has 1 aromatic carbocycles. The highest BCUT2D eigenvalue weighted by Crippen LogP contribution is 2.16. The molecule has 1 atom stereocenters. The molecule has 0 bridgehead atoms. The molecule has 1 unspecified atom stereocenters. The standard InChI is InChI=1S/C14H19NO2/c16-13-5-3-11(4-6-13)8-14(17)9-12-2-1-7-15-10-12/h3-6,12,15-16H,1-2,7-10H2. The molecule has 1 heterocycles. The van der Waals surface area contributed by atoms with Gasteiger partial charge >= 0.3 is 0 Å². The van der Waals surface area contributed by atoms with Crippen molar-refractivity contribution in [3.05, 3.63) is 29.8 Å². The maximum Gasteiger partial charge on any atom is 0.137 e. The van der Waals surface area contributed by atoms with Crippen LogP contribution in [0.5, 0.6) is 5.75 Å². The number of carbonyl (C=O) groups excluding carboxylic acids is 1. The molecule has 0 aliphatic carbocycles. The second kappa shape index (κ2) is 5.82. The molecule has 0 radical (unpaired) electrons. The Morgan fingerprint density at radius 1 is 1.35 bits per heavy atom. The quantitative estimate of drug-likeness (QED) is 0.835. The fourth-order valence-electron chi connectivity index (χ4n) is 2.33. The summed E-state index contributed by atoms with van der Waals surface area (Å²) in [5, 5.41) is 12.5. The number of piperidine rings is 1. The average molecular weight is 233 g/mol. The van der Waals surface area contributed by atoms with Crippen molar-refractivity contribution in [3.8, 4) is 5.75 Å². The number of nitrogens with one attached hydrogen (secondary N) is 1. The molecule has 0 amide bonds. The molecule has 92 valence electrons. The summed E-state index contributed by atoms with van der Waals surface area (Å²) >= 11 is 0. The number of phenols is 1. The predicted molar refractivity (Wildman–Crippen MR) is 67.0 cm³/mol. The van der Waals surface area contributed by atoms with Gasteiger partial charge in [-0.15, -0.1) is 0 Å². The number of phenolic OH excluding ortho intramolecular Hbond substituents is 1. The van der Waals surface area contributed by atoms with Crippen molar-refractivity contribution >= 4 is 5.78 Å². The van der Waals surface area contributed by atoms with Crippen LogP contribution in [-0.2, 0) is 11.2 Å². The van der Waals surface area contributed by atoms with Crippen LogP contribution in [0.2, 0.25) is 0 Å².